The molecule has 0 amide bonds. The highest BCUT2D eigenvalue weighted by atomic mass is 32.2. The standard InChI is InChI=1S/C20H26N4O3S2/c1-3-24-19-5-4-17(29(25,26)23-7-9-27-10-8-23)12-18(19)21-20(24)14-22(2)13-16-6-11-28-15-16/h4-6,11-12,15H,3,7-10,13-14H2,1-2H3. The Morgan fingerprint density at radius 2 is 2.00 bits per heavy atom. The van der Waals surface area contributed by atoms with Crippen molar-refractivity contribution in [3.63, 3.8) is 0 Å². The quantitative estimate of drug-likeness (QED) is 0.572. The monoisotopic (exact) mass is 434 g/mol. The number of rotatable bonds is 7. The van der Waals surface area contributed by atoms with E-state index in [2.05, 4.69) is 40.3 Å². The largest absolute Gasteiger partial charge is 0.379 e. The Morgan fingerprint density at radius 1 is 1.21 bits per heavy atom. The van der Waals surface area contributed by atoms with Crippen molar-refractivity contribution >= 4 is 32.4 Å². The molecule has 9 heteroatoms. The molecule has 0 aliphatic carbocycles. The third kappa shape index (κ3) is 4.24. The molecular weight excluding hydrogens is 408 g/mol. The van der Waals surface area contributed by atoms with Crippen molar-refractivity contribution in [2.45, 2.75) is 31.5 Å². The third-order valence-electron chi connectivity index (χ3n) is 5.17. The van der Waals surface area contributed by atoms with Crippen molar-refractivity contribution in [2.75, 3.05) is 33.4 Å². The van der Waals surface area contributed by atoms with E-state index in [0.29, 0.717) is 37.7 Å². The van der Waals surface area contributed by atoms with Crippen LogP contribution in [0.4, 0.5) is 0 Å². The zero-order valence-corrected chi connectivity index (χ0v) is 18.4. The first-order valence-electron chi connectivity index (χ1n) is 9.75. The number of benzene rings is 1. The fraction of sp³-hybridized carbons (Fsp3) is 0.450. The second kappa shape index (κ2) is 8.53. The van der Waals surface area contributed by atoms with E-state index in [1.807, 2.05) is 6.07 Å². The lowest BCUT2D eigenvalue weighted by atomic mass is 10.3. The second-order valence-corrected chi connectivity index (χ2v) is 9.96. The molecule has 4 rings (SSSR count). The molecule has 3 heterocycles. The summed E-state index contributed by atoms with van der Waals surface area (Å²) in [5.74, 6) is 0.946. The van der Waals surface area contributed by atoms with Crippen LogP contribution in [0, 0.1) is 0 Å². The molecule has 0 saturated carbocycles. The molecule has 3 aromatic rings. The Labute approximate surface area is 175 Å². The van der Waals surface area contributed by atoms with Gasteiger partial charge in [-0.25, -0.2) is 13.4 Å². The fourth-order valence-corrected chi connectivity index (χ4v) is 5.81. The molecule has 1 fully saturated rings. The van der Waals surface area contributed by atoms with Crippen LogP contribution < -0.4 is 0 Å². The van der Waals surface area contributed by atoms with Crippen molar-refractivity contribution in [1.29, 1.82) is 0 Å². The van der Waals surface area contributed by atoms with E-state index in [-0.39, 0.29) is 0 Å². The number of fused-ring (bicyclic) bond motifs is 1. The summed E-state index contributed by atoms with van der Waals surface area (Å²) in [6.45, 7) is 6.08. The summed E-state index contributed by atoms with van der Waals surface area (Å²) < 4.78 is 34.9. The normalized spacial score (nSPS) is 16.1. The Morgan fingerprint density at radius 3 is 2.69 bits per heavy atom. The Hall–Kier alpha value is -1.78. The van der Waals surface area contributed by atoms with Crippen LogP contribution >= 0.6 is 11.3 Å². The lowest BCUT2D eigenvalue weighted by molar-refractivity contribution is 0.0730. The van der Waals surface area contributed by atoms with Crippen molar-refractivity contribution in [2.24, 2.45) is 0 Å². The summed E-state index contributed by atoms with van der Waals surface area (Å²) in [4.78, 5) is 7.31. The highest BCUT2D eigenvalue weighted by molar-refractivity contribution is 7.89. The topological polar surface area (TPSA) is 67.7 Å². The molecule has 7 nitrogen and oxygen atoms in total. The molecule has 0 bridgehead atoms. The average molecular weight is 435 g/mol. The van der Waals surface area contributed by atoms with Crippen LogP contribution in [0.2, 0.25) is 0 Å². The number of ether oxygens (including phenoxy) is 1. The number of morpholine rings is 1. The van der Waals surface area contributed by atoms with Crippen LogP contribution in [0.25, 0.3) is 11.0 Å². The van der Waals surface area contributed by atoms with Crippen molar-refractivity contribution < 1.29 is 13.2 Å². The van der Waals surface area contributed by atoms with Crippen LogP contribution in [0.3, 0.4) is 0 Å². The maximum atomic E-state index is 13.0. The van der Waals surface area contributed by atoms with Crippen molar-refractivity contribution in [3.05, 3.63) is 46.4 Å². The van der Waals surface area contributed by atoms with Crippen molar-refractivity contribution in [3.8, 4) is 0 Å². The minimum absolute atomic E-state index is 0.297. The lowest BCUT2D eigenvalue weighted by Gasteiger charge is -2.26. The number of thiophene rings is 1. The maximum absolute atomic E-state index is 13.0. The smallest absolute Gasteiger partial charge is 0.243 e. The van der Waals surface area contributed by atoms with Crippen LogP contribution in [-0.4, -0.2) is 60.5 Å². The van der Waals surface area contributed by atoms with E-state index in [1.165, 1.54) is 9.87 Å². The van der Waals surface area contributed by atoms with Gasteiger partial charge in [0.15, 0.2) is 0 Å². The zero-order valence-electron chi connectivity index (χ0n) is 16.7. The van der Waals surface area contributed by atoms with E-state index in [9.17, 15) is 8.42 Å². The van der Waals surface area contributed by atoms with Crippen LogP contribution in [0.15, 0.2) is 39.9 Å². The number of aromatic nitrogens is 2. The highest BCUT2D eigenvalue weighted by Gasteiger charge is 2.27. The van der Waals surface area contributed by atoms with Gasteiger partial charge in [0.25, 0.3) is 0 Å². The van der Waals surface area contributed by atoms with Gasteiger partial charge in [-0.05, 0) is 54.6 Å². The number of nitrogens with zero attached hydrogens (tertiary/aromatic N) is 4. The molecule has 29 heavy (non-hydrogen) atoms. The molecule has 1 saturated heterocycles. The molecule has 0 N–H and O–H groups in total. The van der Waals surface area contributed by atoms with Gasteiger partial charge in [-0.15, -0.1) is 0 Å². The van der Waals surface area contributed by atoms with Crippen LogP contribution in [0.5, 0.6) is 0 Å². The van der Waals surface area contributed by atoms with Gasteiger partial charge in [-0.2, -0.15) is 15.6 Å². The summed E-state index contributed by atoms with van der Waals surface area (Å²) in [5.41, 5.74) is 2.98. The van der Waals surface area contributed by atoms with Crippen molar-refractivity contribution in [1.82, 2.24) is 18.8 Å². The summed E-state index contributed by atoms with van der Waals surface area (Å²) in [5, 5.41) is 4.24. The summed E-state index contributed by atoms with van der Waals surface area (Å²) in [6.07, 6.45) is 0. The predicted molar refractivity (Wildman–Crippen MR) is 114 cm³/mol. The molecule has 0 spiro atoms. The van der Waals surface area contributed by atoms with E-state index in [0.717, 1.165) is 29.9 Å². The summed E-state index contributed by atoms with van der Waals surface area (Å²) in [7, 11) is -1.45. The van der Waals surface area contributed by atoms with Gasteiger partial charge in [0.1, 0.15) is 5.82 Å². The first-order chi connectivity index (χ1) is 14.0. The van der Waals surface area contributed by atoms with Crippen LogP contribution in [0.1, 0.15) is 18.3 Å². The molecular formula is C20H26N4O3S2. The van der Waals surface area contributed by atoms with E-state index >= 15 is 0 Å². The zero-order chi connectivity index (χ0) is 20.4. The minimum atomic E-state index is -3.53. The Kier molecular flexibility index (Phi) is 6.03. The molecule has 0 unspecified atom stereocenters. The minimum Gasteiger partial charge on any atom is -0.379 e. The predicted octanol–water partition coefficient (Wildman–Crippen LogP) is 2.77. The lowest BCUT2D eigenvalue weighted by Crippen LogP contribution is -2.40. The van der Waals surface area contributed by atoms with Gasteiger partial charge in [-0.3, -0.25) is 4.90 Å². The molecule has 2 aromatic heterocycles. The van der Waals surface area contributed by atoms with E-state index in [4.69, 9.17) is 9.72 Å². The fourth-order valence-electron chi connectivity index (χ4n) is 3.72. The average Bonchev–Trinajstić information content (AvgIpc) is 3.34. The number of hydrogen-bond acceptors (Lipinski definition) is 6. The van der Waals surface area contributed by atoms with E-state index in [1.54, 1.807) is 23.5 Å². The highest BCUT2D eigenvalue weighted by Crippen LogP contribution is 2.24. The molecule has 156 valence electrons. The summed E-state index contributed by atoms with van der Waals surface area (Å²) in [6, 6.07) is 7.41. The Balaban J connectivity index is 1.62. The van der Waals surface area contributed by atoms with Gasteiger partial charge >= 0.3 is 0 Å². The molecule has 1 aliphatic rings. The number of sulfonamides is 1. The van der Waals surface area contributed by atoms with Gasteiger partial charge in [0.2, 0.25) is 10.0 Å². The van der Waals surface area contributed by atoms with Gasteiger partial charge in [-0.1, -0.05) is 0 Å². The maximum Gasteiger partial charge on any atom is 0.243 e. The SMILES string of the molecule is CCn1c(CN(C)Cc2ccsc2)nc2cc(S(=O)(=O)N3CCOCC3)ccc21. The number of imidazole rings is 1. The molecule has 0 radical (unpaired) electrons. The summed E-state index contributed by atoms with van der Waals surface area (Å²) >= 11 is 1.70. The Bertz CT molecular complexity index is 1070. The van der Waals surface area contributed by atoms with Crippen LogP contribution in [-0.2, 0) is 34.4 Å². The number of hydrogen-bond donors (Lipinski definition) is 0. The van der Waals surface area contributed by atoms with Gasteiger partial charge in [0.05, 0.1) is 35.7 Å². The third-order valence-corrected chi connectivity index (χ3v) is 7.79. The first kappa shape index (κ1) is 20.5. The molecule has 1 aromatic carbocycles. The van der Waals surface area contributed by atoms with E-state index < -0.39 is 10.0 Å². The first-order valence-corrected chi connectivity index (χ1v) is 12.1. The molecule has 0 atom stereocenters. The number of aryl methyl sites for hydroxylation is 1. The van der Waals surface area contributed by atoms with Gasteiger partial charge in [0, 0.05) is 26.2 Å². The van der Waals surface area contributed by atoms with Gasteiger partial charge < -0.3 is 9.30 Å². The second-order valence-electron chi connectivity index (χ2n) is 7.24. The molecule has 1 aliphatic heterocycles.